The van der Waals surface area contributed by atoms with E-state index in [1.807, 2.05) is 14.0 Å². The Balaban J connectivity index is 2.95. The molecule has 0 radical (unpaired) electrons. The summed E-state index contributed by atoms with van der Waals surface area (Å²) in [6, 6.07) is 0. The molecule has 54 valence electrons. The van der Waals surface area contributed by atoms with Gasteiger partial charge in [0.05, 0.1) is 0 Å². The van der Waals surface area contributed by atoms with Gasteiger partial charge in [0.1, 0.15) is 11.0 Å². The highest BCUT2D eigenvalue weighted by Crippen LogP contribution is 2.18. The van der Waals surface area contributed by atoms with Gasteiger partial charge in [-0.15, -0.1) is 0 Å². The second-order valence-corrected chi connectivity index (χ2v) is 2.58. The molecule has 1 aliphatic heterocycles. The van der Waals surface area contributed by atoms with Crippen LogP contribution in [0.4, 0.5) is 0 Å². The maximum absolute atomic E-state index is 5.80. The number of hydrogen-bond donors (Lipinski definition) is 0. The van der Waals surface area contributed by atoms with Crippen LogP contribution in [0.1, 0.15) is 6.92 Å². The second kappa shape index (κ2) is 2.46. The molecule has 1 rings (SSSR count). The molecule has 0 atom stereocenters. The van der Waals surface area contributed by atoms with Crippen molar-refractivity contribution in [1.82, 2.24) is 4.90 Å². The number of halogens is 1. The molecule has 0 fully saturated rings. The monoisotopic (exact) mass is 156 g/mol. The summed E-state index contributed by atoms with van der Waals surface area (Å²) in [5.74, 6) is 0.685. The van der Waals surface area contributed by atoms with Gasteiger partial charge in [-0.3, -0.25) is 0 Å². The molecule has 0 bridgehead atoms. The van der Waals surface area contributed by atoms with Crippen molar-refractivity contribution in [3.05, 3.63) is 23.6 Å². The average Bonchev–Trinajstić information content (AvgIpc) is 1.82. The van der Waals surface area contributed by atoms with E-state index in [0.717, 1.165) is 5.71 Å². The van der Waals surface area contributed by atoms with E-state index in [1.54, 1.807) is 11.0 Å². The first-order valence-electron chi connectivity index (χ1n) is 2.96. The molecule has 10 heavy (non-hydrogen) atoms. The van der Waals surface area contributed by atoms with E-state index < -0.39 is 0 Å². The summed E-state index contributed by atoms with van der Waals surface area (Å²) in [5, 5.41) is 0.664. The van der Waals surface area contributed by atoms with E-state index in [-0.39, 0.29) is 0 Å². The Morgan fingerprint density at radius 2 is 2.30 bits per heavy atom. The zero-order valence-electron chi connectivity index (χ0n) is 6.06. The highest BCUT2D eigenvalue weighted by atomic mass is 35.5. The molecule has 0 aromatic carbocycles. The van der Waals surface area contributed by atoms with Crippen LogP contribution in [0.25, 0.3) is 0 Å². The van der Waals surface area contributed by atoms with Crippen molar-refractivity contribution in [1.29, 1.82) is 0 Å². The summed E-state index contributed by atoms with van der Waals surface area (Å²) in [6.45, 7) is 5.60. The molecule has 2 nitrogen and oxygen atoms in total. The van der Waals surface area contributed by atoms with Crippen molar-refractivity contribution in [2.45, 2.75) is 6.92 Å². The molecule has 3 heteroatoms. The fraction of sp³-hybridized carbons (Fsp3) is 0.286. The van der Waals surface area contributed by atoms with Crippen LogP contribution in [-0.4, -0.2) is 17.7 Å². The fourth-order valence-electron chi connectivity index (χ4n) is 0.703. The van der Waals surface area contributed by atoms with Crippen LogP contribution in [0, 0.1) is 0 Å². The lowest BCUT2D eigenvalue weighted by atomic mass is 10.3. The molecule has 0 unspecified atom stereocenters. The van der Waals surface area contributed by atoms with E-state index in [4.69, 9.17) is 11.6 Å². The van der Waals surface area contributed by atoms with Gasteiger partial charge in [0.25, 0.3) is 0 Å². The van der Waals surface area contributed by atoms with E-state index >= 15 is 0 Å². The van der Waals surface area contributed by atoms with Gasteiger partial charge in [-0.25, -0.2) is 4.99 Å². The summed E-state index contributed by atoms with van der Waals surface area (Å²) in [4.78, 5) is 5.83. The van der Waals surface area contributed by atoms with E-state index in [9.17, 15) is 0 Å². The number of hydrogen-bond acceptors (Lipinski definition) is 2. The molecule has 0 saturated carbocycles. The lowest BCUT2D eigenvalue weighted by Gasteiger charge is -2.20. The second-order valence-electron chi connectivity index (χ2n) is 2.20. The third-order valence-electron chi connectivity index (χ3n) is 1.34. The summed E-state index contributed by atoms with van der Waals surface area (Å²) in [6.07, 6.45) is 1.80. The summed E-state index contributed by atoms with van der Waals surface area (Å²) < 4.78 is 0. The minimum Gasteiger partial charge on any atom is -0.320 e. The van der Waals surface area contributed by atoms with Crippen molar-refractivity contribution in [3.63, 3.8) is 0 Å². The third-order valence-corrected chi connectivity index (χ3v) is 1.70. The Morgan fingerprint density at radius 3 is 2.80 bits per heavy atom. The largest absolute Gasteiger partial charge is 0.320 e. The Morgan fingerprint density at radius 1 is 1.70 bits per heavy atom. The maximum Gasteiger partial charge on any atom is 0.126 e. The molecule has 0 aromatic rings. The van der Waals surface area contributed by atoms with E-state index in [2.05, 4.69) is 11.6 Å². The Labute approximate surface area is 65.5 Å². The number of nitrogens with zero attached hydrogens (tertiary/aromatic N) is 2. The highest BCUT2D eigenvalue weighted by molar-refractivity contribution is 6.31. The van der Waals surface area contributed by atoms with Crippen LogP contribution >= 0.6 is 11.6 Å². The van der Waals surface area contributed by atoms with Crippen molar-refractivity contribution in [2.24, 2.45) is 4.99 Å². The van der Waals surface area contributed by atoms with Gasteiger partial charge < -0.3 is 4.90 Å². The molecule has 0 saturated heterocycles. The third kappa shape index (κ3) is 1.21. The van der Waals surface area contributed by atoms with Crippen LogP contribution in [0.5, 0.6) is 0 Å². The standard InChI is InChI=1S/C7H9ClN2/c1-5-4-7(8)10(3)6(2)9-5/h4H,2H2,1,3H3. The molecule has 0 N–H and O–H groups in total. The number of aliphatic imine (C=N–C) groups is 1. The fourth-order valence-corrected chi connectivity index (χ4v) is 0.959. The van der Waals surface area contributed by atoms with Crippen LogP contribution < -0.4 is 0 Å². The molecule has 0 aromatic heterocycles. The lowest BCUT2D eigenvalue weighted by Crippen LogP contribution is -2.17. The van der Waals surface area contributed by atoms with E-state index in [1.165, 1.54) is 0 Å². The highest BCUT2D eigenvalue weighted by Gasteiger charge is 2.09. The van der Waals surface area contributed by atoms with Gasteiger partial charge in [0.15, 0.2) is 0 Å². The molecule has 0 aliphatic carbocycles. The zero-order chi connectivity index (χ0) is 7.72. The SMILES string of the molecule is C=C1N=C(C)C=C(Cl)N1C. The predicted octanol–water partition coefficient (Wildman–Crippen LogP) is 1.94. The average molecular weight is 157 g/mol. The van der Waals surface area contributed by atoms with Crippen molar-refractivity contribution in [3.8, 4) is 0 Å². The number of allylic oxidation sites excluding steroid dienone is 1. The van der Waals surface area contributed by atoms with Crippen molar-refractivity contribution < 1.29 is 0 Å². The quantitative estimate of drug-likeness (QED) is 0.490. The number of rotatable bonds is 0. The molecule has 0 amide bonds. The molecule has 1 aliphatic rings. The first-order valence-corrected chi connectivity index (χ1v) is 3.34. The zero-order valence-corrected chi connectivity index (χ0v) is 6.81. The Bertz CT molecular complexity index is 228. The van der Waals surface area contributed by atoms with E-state index in [0.29, 0.717) is 11.0 Å². The lowest BCUT2D eigenvalue weighted by molar-refractivity contribution is 0.544. The molecule has 0 spiro atoms. The van der Waals surface area contributed by atoms with Crippen LogP contribution in [0.3, 0.4) is 0 Å². The minimum atomic E-state index is 0.664. The summed E-state index contributed by atoms with van der Waals surface area (Å²) >= 11 is 5.80. The van der Waals surface area contributed by atoms with Gasteiger partial charge in [0, 0.05) is 12.8 Å². The maximum atomic E-state index is 5.80. The summed E-state index contributed by atoms with van der Waals surface area (Å²) in [5.41, 5.74) is 0.896. The first kappa shape index (κ1) is 7.35. The summed E-state index contributed by atoms with van der Waals surface area (Å²) in [7, 11) is 1.83. The molecular formula is C7H9ClN2. The van der Waals surface area contributed by atoms with Crippen molar-refractivity contribution >= 4 is 17.3 Å². The predicted molar refractivity (Wildman–Crippen MR) is 43.9 cm³/mol. The van der Waals surface area contributed by atoms with Crippen LogP contribution in [0.2, 0.25) is 0 Å². The van der Waals surface area contributed by atoms with Crippen molar-refractivity contribution in [2.75, 3.05) is 7.05 Å². The molecule has 1 heterocycles. The van der Waals surface area contributed by atoms with Gasteiger partial charge in [-0.1, -0.05) is 18.2 Å². The van der Waals surface area contributed by atoms with Gasteiger partial charge in [-0.05, 0) is 13.0 Å². The van der Waals surface area contributed by atoms with Crippen LogP contribution in [-0.2, 0) is 0 Å². The Kier molecular flexibility index (Phi) is 1.81. The smallest absolute Gasteiger partial charge is 0.126 e. The molecular weight excluding hydrogens is 148 g/mol. The minimum absolute atomic E-state index is 0.664. The first-order chi connectivity index (χ1) is 4.61. The van der Waals surface area contributed by atoms with Gasteiger partial charge >= 0.3 is 0 Å². The topological polar surface area (TPSA) is 15.6 Å². The Hall–Kier alpha value is -0.760. The van der Waals surface area contributed by atoms with Crippen LogP contribution in [0.15, 0.2) is 28.6 Å². The van der Waals surface area contributed by atoms with Gasteiger partial charge in [-0.2, -0.15) is 0 Å². The normalized spacial score (nSPS) is 18.7. The van der Waals surface area contributed by atoms with Gasteiger partial charge in [0.2, 0.25) is 0 Å².